The number of piperidine rings is 1. The zero-order chi connectivity index (χ0) is 17.3. The van der Waals surface area contributed by atoms with Gasteiger partial charge in [-0.15, -0.1) is 0 Å². The summed E-state index contributed by atoms with van der Waals surface area (Å²) < 4.78 is 11.8. The molecule has 2 aromatic rings. The van der Waals surface area contributed by atoms with E-state index in [1.54, 1.807) is 7.11 Å². The highest BCUT2D eigenvalue weighted by molar-refractivity contribution is 5.66. The molecule has 0 unspecified atom stereocenters. The number of benzene rings is 2. The predicted octanol–water partition coefficient (Wildman–Crippen LogP) is 4.54. The maximum atomic E-state index is 6.53. The molecule has 0 atom stereocenters. The van der Waals surface area contributed by atoms with Gasteiger partial charge in [-0.2, -0.15) is 0 Å². The SMILES string of the molecule is CCN1CCC2(CCc3cc(-c4ccc(OC)cc4)ccc3O2)CC1. The Labute approximate surface area is 150 Å². The average Bonchev–Trinajstić information content (AvgIpc) is 2.68. The third-order valence-electron chi connectivity index (χ3n) is 5.87. The van der Waals surface area contributed by atoms with Crippen molar-refractivity contribution in [3.05, 3.63) is 48.0 Å². The Hall–Kier alpha value is -2.00. The Balaban J connectivity index is 1.53. The monoisotopic (exact) mass is 337 g/mol. The molecule has 3 heteroatoms. The molecule has 132 valence electrons. The molecule has 1 spiro atoms. The summed E-state index contributed by atoms with van der Waals surface area (Å²) in [5.74, 6) is 1.99. The van der Waals surface area contributed by atoms with Crippen LogP contribution in [0.15, 0.2) is 42.5 Å². The number of ether oxygens (including phenoxy) is 2. The predicted molar refractivity (Wildman–Crippen MR) is 101 cm³/mol. The lowest BCUT2D eigenvalue weighted by Crippen LogP contribution is -2.49. The number of hydrogen-bond acceptors (Lipinski definition) is 3. The second-order valence-electron chi connectivity index (χ2n) is 7.27. The molecule has 2 aromatic carbocycles. The second-order valence-corrected chi connectivity index (χ2v) is 7.27. The van der Waals surface area contributed by atoms with E-state index in [-0.39, 0.29) is 5.60 Å². The molecule has 0 amide bonds. The summed E-state index contributed by atoms with van der Waals surface area (Å²) in [6.07, 6.45) is 4.57. The van der Waals surface area contributed by atoms with E-state index in [0.717, 1.165) is 56.8 Å². The Kier molecular flexibility index (Phi) is 4.43. The fraction of sp³-hybridized carbons (Fsp3) is 0.455. The third kappa shape index (κ3) is 3.25. The fourth-order valence-corrected chi connectivity index (χ4v) is 4.11. The molecule has 0 saturated carbocycles. The first-order valence-corrected chi connectivity index (χ1v) is 9.40. The van der Waals surface area contributed by atoms with E-state index in [1.807, 2.05) is 12.1 Å². The molecular weight excluding hydrogens is 310 g/mol. The van der Waals surface area contributed by atoms with Crippen LogP contribution in [-0.2, 0) is 6.42 Å². The number of likely N-dealkylation sites (tertiary alicyclic amines) is 1. The first-order chi connectivity index (χ1) is 12.2. The number of nitrogens with zero attached hydrogens (tertiary/aromatic N) is 1. The highest BCUT2D eigenvalue weighted by Gasteiger charge is 2.39. The minimum Gasteiger partial charge on any atom is -0.497 e. The van der Waals surface area contributed by atoms with Crippen molar-refractivity contribution in [3.8, 4) is 22.6 Å². The molecule has 2 aliphatic rings. The normalized spacial score (nSPS) is 19.3. The first kappa shape index (κ1) is 16.5. The van der Waals surface area contributed by atoms with Crippen LogP contribution >= 0.6 is 0 Å². The molecule has 0 radical (unpaired) electrons. The van der Waals surface area contributed by atoms with Gasteiger partial charge in [-0.3, -0.25) is 0 Å². The smallest absolute Gasteiger partial charge is 0.123 e. The van der Waals surface area contributed by atoms with Crippen LogP contribution in [0.2, 0.25) is 0 Å². The van der Waals surface area contributed by atoms with Gasteiger partial charge in [0, 0.05) is 13.1 Å². The van der Waals surface area contributed by atoms with Crippen LogP contribution in [0.25, 0.3) is 11.1 Å². The van der Waals surface area contributed by atoms with Crippen LogP contribution in [0.4, 0.5) is 0 Å². The minimum atomic E-state index is 0.0697. The topological polar surface area (TPSA) is 21.7 Å². The largest absolute Gasteiger partial charge is 0.497 e. The van der Waals surface area contributed by atoms with Crippen molar-refractivity contribution in [2.45, 2.75) is 38.2 Å². The van der Waals surface area contributed by atoms with Crippen molar-refractivity contribution in [3.63, 3.8) is 0 Å². The van der Waals surface area contributed by atoms with E-state index in [4.69, 9.17) is 9.47 Å². The summed E-state index contributed by atoms with van der Waals surface area (Å²) >= 11 is 0. The molecule has 25 heavy (non-hydrogen) atoms. The number of aryl methyl sites for hydroxylation is 1. The molecule has 2 aliphatic heterocycles. The molecule has 3 nitrogen and oxygen atoms in total. The van der Waals surface area contributed by atoms with Gasteiger partial charge in [-0.1, -0.05) is 25.1 Å². The van der Waals surface area contributed by atoms with E-state index in [9.17, 15) is 0 Å². The van der Waals surface area contributed by atoms with E-state index in [0.29, 0.717) is 0 Å². The van der Waals surface area contributed by atoms with Crippen LogP contribution in [0, 0.1) is 0 Å². The fourth-order valence-electron chi connectivity index (χ4n) is 4.11. The zero-order valence-electron chi connectivity index (χ0n) is 15.3. The maximum Gasteiger partial charge on any atom is 0.123 e. The number of fused-ring (bicyclic) bond motifs is 1. The summed E-state index contributed by atoms with van der Waals surface area (Å²) in [4.78, 5) is 2.52. The van der Waals surface area contributed by atoms with Gasteiger partial charge in [-0.05, 0) is 73.2 Å². The Morgan fingerprint density at radius 3 is 2.40 bits per heavy atom. The molecule has 4 rings (SSSR count). The van der Waals surface area contributed by atoms with Crippen molar-refractivity contribution in [1.29, 1.82) is 0 Å². The number of methoxy groups -OCH3 is 1. The molecule has 0 bridgehead atoms. The molecule has 2 heterocycles. The molecule has 0 aliphatic carbocycles. The highest BCUT2D eigenvalue weighted by atomic mass is 16.5. The third-order valence-corrected chi connectivity index (χ3v) is 5.87. The van der Waals surface area contributed by atoms with E-state index in [2.05, 4.69) is 42.2 Å². The van der Waals surface area contributed by atoms with E-state index >= 15 is 0 Å². The summed E-state index contributed by atoms with van der Waals surface area (Å²) in [6, 6.07) is 14.9. The standard InChI is InChI=1S/C22H27NO2/c1-3-23-14-12-22(13-15-23)11-10-19-16-18(6-9-21(19)25-22)17-4-7-20(24-2)8-5-17/h4-9,16H,3,10-15H2,1-2H3. The van der Waals surface area contributed by atoms with Crippen molar-refractivity contribution < 1.29 is 9.47 Å². The van der Waals surface area contributed by atoms with Gasteiger partial charge in [-0.25, -0.2) is 0 Å². The Morgan fingerprint density at radius 1 is 1.00 bits per heavy atom. The number of hydrogen-bond donors (Lipinski definition) is 0. The quantitative estimate of drug-likeness (QED) is 0.820. The zero-order valence-corrected chi connectivity index (χ0v) is 15.3. The second kappa shape index (κ2) is 6.72. The summed E-state index contributed by atoms with van der Waals surface area (Å²) in [6.45, 7) is 5.72. The first-order valence-electron chi connectivity index (χ1n) is 9.40. The van der Waals surface area contributed by atoms with Crippen LogP contribution < -0.4 is 9.47 Å². The van der Waals surface area contributed by atoms with Crippen LogP contribution in [0.3, 0.4) is 0 Å². The molecular formula is C22H27NO2. The van der Waals surface area contributed by atoms with Gasteiger partial charge in [0.1, 0.15) is 17.1 Å². The lowest BCUT2D eigenvalue weighted by atomic mass is 9.82. The summed E-state index contributed by atoms with van der Waals surface area (Å²) in [5, 5.41) is 0. The maximum absolute atomic E-state index is 6.53. The molecule has 0 aromatic heterocycles. The van der Waals surface area contributed by atoms with Gasteiger partial charge in [0.25, 0.3) is 0 Å². The van der Waals surface area contributed by atoms with Gasteiger partial charge in [0.2, 0.25) is 0 Å². The van der Waals surface area contributed by atoms with Gasteiger partial charge in [0.15, 0.2) is 0 Å². The van der Waals surface area contributed by atoms with Gasteiger partial charge in [0.05, 0.1) is 7.11 Å². The van der Waals surface area contributed by atoms with E-state index < -0.39 is 0 Å². The molecule has 1 fully saturated rings. The minimum absolute atomic E-state index is 0.0697. The molecule has 0 N–H and O–H groups in total. The summed E-state index contributed by atoms with van der Waals surface area (Å²) in [7, 11) is 1.70. The lowest BCUT2D eigenvalue weighted by Gasteiger charge is -2.44. The van der Waals surface area contributed by atoms with Crippen LogP contribution in [0.1, 0.15) is 31.7 Å². The van der Waals surface area contributed by atoms with Gasteiger partial charge < -0.3 is 14.4 Å². The van der Waals surface area contributed by atoms with Gasteiger partial charge >= 0.3 is 0 Å². The van der Waals surface area contributed by atoms with Crippen LogP contribution in [-0.4, -0.2) is 37.2 Å². The molecule has 1 saturated heterocycles. The van der Waals surface area contributed by atoms with Crippen molar-refractivity contribution in [2.24, 2.45) is 0 Å². The summed E-state index contributed by atoms with van der Waals surface area (Å²) in [5.41, 5.74) is 3.89. The average molecular weight is 337 g/mol. The van der Waals surface area contributed by atoms with Crippen molar-refractivity contribution >= 4 is 0 Å². The Morgan fingerprint density at radius 2 is 1.72 bits per heavy atom. The lowest BCUT2D eigenvalue weighted by molar-refractivity contribution is -0.0132. The van der Waals surface area contributed by atoms with Crippen LogP contribution in [0.5, 0.6) is 11.5 Å². The highest BCUT2D eigenvalue weighted by Crippen LogP contribution is 2.40. The van der Waals surface area contributed by atoms with E-state index in [1.165, 1.54) is 16.7 Å². The Bertz CT molecular complexity index is 730. The van der Waals surface area contributed by atoms with Crippen molar-refractivity contribution in [1.82, 2.24) is 4.90 Å². The number of rotatable bonds is 3. The van der Waals surface area contributed by atoms with Crippen molar-refractivity contribution in [2.75, 3.05) is 26.7 Å².